The fraction of sp³-hybridized carbons (Fsp3) is 0.0476. The van der Waals surface area contributed by atoms with Crippen LogP contribution < -0.4 is 4.74 Å². The highest BCUT2D eigenvalue weighted by atomic mass is 19.1. The fourth-order valence-corrected chi connectivity index (χ4v) is 2.93. The minimum Gasteiger partial charge on any atom is -0.465 e. The second-order valence-electron chi connectivity index (χ2n) is 5.88. The monoisotopic (exact) mass is 362 g/mol. The van der Waals surface area contributed by atoms with Gasteiger partial charge < -0.3 is 9.47 Å². The Morgan fingerprint density at radius 3 is 2.63 bits per heavy atom. The number of H-pyrrole nitrogens is 1. The van der Waals surface area contributed by atoms with Crippen LogP contribution in [0.5, 0.6) is 11.5 Å². The van der Waals surface area contributed by atoms with E-state index in [4.69, 9.17) is 9.47 Å². The summed E-state index contributed by atoms with van der Waals surface area (Å²) in [6.45, 7) is 0. The van der Waals surface area contributed by atoms with E-state index in [-0.39, 0.29) is 11.1 Å². The summed E-state index contributed by atoms with van der Waals surface area (Å²) >= 11 is 0. The minimum atomic E-state index is -0.575. The van der Waals surface area contributed by atoms with Gasteiger partial charge in [0.15, 0.2) is 0 Å². The molecule has 4 rings (SSSR count). The van der Waals surface area contributed by atoms with Crippen molar-refractivity contribution in [2.75, 3.05) is 7.11 Å². The number of rotatable bonds is 4. The van der Waals surface area contributed by atoms with Crippen molar-refractivity contribution in [3.8, 4) is 22.6 Å². The maximum absolute atomic E-state index is 13.8. The van der Waals surface area contributed by atoms with Gasteiger partial charge >= 0.3 is 5.97 Å². The van der Waals surface area contributed by atoms with Gasteiger partial charge in [0.25, 0.3) is 0 Å². The van der Waals surface area contributed by atoms with Crippen molar-refractivity contribution in [1.82, 2.24) is 10.2 Å². The molecule has 0 bridgehead atoms. The predicted octanol–water partition coefficient (Wildman–Crippen LogP) is 4.95. The van der Waals surface area contributed by atoms with Crippen LogP contribution in [-0.4, -0.2) is 23.3 Å². The van der Waals surface area contributed by atoms with Gasteiger partial charge in [0.2, 0.25) is 5.95 Å². The third-order valence-corrected chi connectivity index (χ3v) is 4.26. The molecule has 0 saturated carbocycles. The van der Waals surface area contributed by atoms with Crippen molar-refractivity contribution in [1.29, 1.82) is 0 Å². The van der Waals surface area contributed by atoms with Gasteiger partial charge in [-0.3, -0.25) is 5.10 Å². The summed E-state index contributed by atoms with van der Waals surface area (Å²) < 4.78 is 24.7. The second kappa shape index (κ2) is 6.92. The molecular weight excluding hydrogens is 347 g/mol. The molecule has 0 aliphatic rings. The van der Waals surface area contributed by atoms with Gasteiger partial charge in [-0.1, -0.05) is 42.5 Å². The van der Waals surface area contributed by atoms with Crippen LogP contribution in [0.1, 0.15) is 10.4 Å². The van der Waals surface area contributed by atoms with Crippen LogP contribution in [0.4, 0.5) is 4.39 Å². The van der Waals surface area contributed by atoms with Gasteiger partial charge in [0.1, 0.15) is 17.1 Å². The number of esters is 1. The number of benzene rings is 3. The Morgan fingerprint density at radius 1 is 1.04 bits per heavy atom. The zero-order chi connectivity index (χ0) is 18.8. The molecule has 1 heterocycles. The highest BCUT2D eigenvalue weighted by Gasteiger charge is 2.18. The van der Waals surface area contributed by atoms with Crippen LogP contribution in [0, 0.1) is 5.95 Å². The van der Waals surface area contributed by atoms with Crippen LogP contribution in [-0.2, 0) is 4.74 Å². The lowest BCUT2D eigenvalue weighted by Crippen LogP contribution is -2.04. The molecule has 0 aliphatic heterocycles. The van der Waals surface area contributed by atoms with E-state index in [1.165, 1.54) is 19.4 Å². The summed E-state index contributed by atoms with van der Waals surface area (Å²) in [4.78, 5) is 12.3. The molecule has 0 unspecified atom stereocenters. The van der Waals surface area contributed by atoms with Crippen LogP contribution in [0.3, 0.4) is 0 Å². The van der Waals surface area contributed by atoms with E-state index in [1.54, 1.807) is 12.1 Å². The number of hydrogen-bond donors (Lipinski definition) is 1. The van der Waals surface area contributed by atoms with Crippen molar-refractivity contribution in [2.24, 2.45) is 0 Å². The van der Waals surface area contributed by atoms with Gasteiger partial charge in [-0.2, -0.15) is 9.49 Å². The first kappa shape index (κ1) is 16.8. The Bertz CT molecular complexity index is 1130. The smallest absolute Gasteiger partial charge is 0.341 e. The number of aromatic amines is 1. The molecule has 0 radical (unpaired) electrons. The topological polar surface area (TPSA) is 64.2 Å². The number of nitrogens with zero attached hydrogens (tertiary/aromatic N) is 1. The van der Waals surface area contributed by atoms with Crippen molar-refractivity contribution in [2.45, 2.75) is 0 Å². The van der Waals surface area contributed by atoms with Crippen LogP contribution >= 0.6 is 0 Å². The fourth-order valence-electron chi connectivity index (χ4n) is 2.93. The zero-order valence-corrected chi connectivity index (χ0v) is 14.4. The Kier molecular flexibility index (Phi) is 4.30. The number of ether oxygens (including phenoxy) is 2. The summed E-state index contributed by atoms with van der Waals surface area (Å²) in [5.74, 6) is -0.212. The molecule has 1 N–H and O–H groups in total. The number of aromatic nitrogens is 2. The van der Waals surface area contributed by atoms with E-state index in [1.807, 2.05) is 42.5 Å². The van der Waals surface area contributed by atoms with E-state index in [0.717, 1.165) is 10.8 Å². The molecule has 0 saturated heterocycles. The Morgan fingerprint density at radius 2 is 1.85 bits per heavy atom. The lowest BCUT2D eigenvalue weighted by Gasteiger charge is -2.13. The van der Waals surface area contributed by atoms with Crippen molar-refractivity contribution < 1.29 is 18.7 Å². The summed E-state index contributed by atoms with van der Waals surface area (Å²) in [6.07, 6.45) is 1.36. The van der Waals surface area contributed by atoms with Gasteiger partial charge in [-0.25, -0.2) is 4.79 Å². The van der Waals surface area contributed by atoms with E-state index < -0.39 is 11.9 Å². The predicted molar refractivity (Wildman–Crippen MR) is 99.3 cm³/mol. The maximum Gasteiger partial charge on any atom is 0.341 e. The maximum atomic E-state index is 13.8. The molecule has 0 spiro atoms. The standard InChI is InChI=1S/C21H15FN2O3/c1-26-21(25)16-11-14(17-12-23-24-20(17)22)9-10-19(16)27-18-8-4-6-13-5-2-3-7-15(13)18/h2-12H,1H3,(H,23,24). The third-order valence-electron chi connectivity index (χ3n) is 4.26. The van der Waals surface area contributed by atoms with Crippen molar-refractivity contribution in [3.63, 3.8) is 0 Å². The Balaban J connectivity index is 1.80. The Labute approximate surface area is 154 Å². The lowest BCUT2D eigenvalue weighted by molar-refractivity contribution is 0.0598. The first-order valence-corrected chi connectivity index (χ1v) is 8.24. The zero-order valence-electron chi connectivity index (χ0n) is 14.4. The molecule has 5 nitrogen and oxygen atoms in total. The number of carbonyl (C=O) groups is 1. The number of halogens is 1. The molecule has 134 valence electrons. The van der Waals surface area contributed by atoms with Gasteiger partial charge in [0, 0.05) is 5.39 Å². The Hall–Kier alpha value is -3.67. The average molecular weight is 362 g/mol. The molecule has 0 aliphatic carbocycles. The van der Waals surface area contributed by atoms with Crippen molar-refractivity contribution in [3.05, 3.63) is 78.4 Å². The van der Waals surface area contributed by atoms with Gasteiger partial charge in [-0.05, 0) is 29.1 Å². The number of carbonyl (C=O) groups excluding carboxylic acids is 1. The molecule has 27 heavy (non-hydrogen) atoms. The van der Waals surface area contributed by atoms with E-state index >= 15 is 0 Å². The number of nitrogens with one attached hydrogen (secondary N) is 1. The third kappa shape index (κ3) is 3.13. The molecule has 4 aromatic rings. The van der Waals surface area contributed by atoms with Crippen LogP contribution in [0.2, 0.25) is 0 Å². The summed E-state index contributed by atoms with van der Waals surface area (Å²) in [5, 5.41) is 7.85. The minimum absolute atomic E-state index is 0.198. The normalized spacial score (nSPS) is 10.7. The highest BCUT2D eigenvalue weighted by molar-refractivity contribution is 5.95. The summed E-state index contributed by atoms with van der Waals surface area (Å²) in [7, 11) is 1.29. The molecule has 0 atom stereocenters. The molecule has 0 amide bonds. The highest BCUT2D eigenvalue weighted by Crippen LogP contribution is 2.34. The van der Waals surface area contributed by atoms with E-state index in [2.05, 4.69) is 10.2 Å². The summed E-state index contributed by atoms with van der Waals surface area (Å²) in [5.41, 5.74) is 0.951. The van der Waals surface area contributed by atoms with Crippen LogP contribution in [0.15, 0.2) is 66.9 Å². The van der Waals surface area contributed by atoms with Gasteiger partial charge in [0.05, 0.1) is 18.9 Å². The summed E-state index contributed by atoms with van der Waals surface area (Å²) in [6, 6.07) is 18.3. The number of fused-ring (bicyclic) bond motifs is 1. The molecule has 3 aromatic carbocycles. The quantitative estimate of drug-likeness (QED) is 0.522. The van der Waals surface area contributed by atoms with Crippen molar-refractivity contribution >= 4 is 16.7 Å². The largest absolute Gasteiger partial charge is 0.465 e. The lowest BCUT2D eigenvalue weighted by atomic mass is 10.0. The van der Waals surface area contributed by atoms with Crippen LogP contribution in [0.25, 0.3) is 21.9 Å². The van der Waals surface area contributed by atoms with Gasteiger partial charge in [-0.15, -0.1) is 0 Å². The second-order valence-corrected chi connectivity index (χ2v) is 5.88. The van der Waals surface area contributed by atoms with E-state index in [0.29, 0.717) is 17.1 Å². The SMILES string of the molecule is COC(=O)c1cc(-c2cn[nH]c2F)ccc1Oc1cccc2ccccc12. The number of methoxy groups -OCH3 is 1. The molecule has 6 heteroatoms. The first-order chi connectivity index (χ1) is 13.2. The molecular formula is C21H15FN2O3. The number of hydrogen-bond acceptors (Lipinski definition) is 4. The molecule has 1 aromatic heterocycles. The van der Waals surface area contributed by atoms with E-state index in [9.17, 15) is 9.18 Å². The molecule has 0 fully saturated rings. The average Bonchev–Trinajstić information content (AvgIpc) is 3.14. The first-order valence-electron chi connectivity index (χ1n) is 8.24.